The number of carbonyl (C=O) groups excluding carboxylic acids is 1. The smallest absolute Gasteiger partial charge is 0.227 e. The molecule has 2 aliphatic rings. The van der Waals surface area contributed by atoms with Gasteiger partial charge < -0.3 is 14.4 Å². The molecule has 1 saturated carbocycles. The molecular weight excluding hydrogens is 390 g/mol. The molecule has 3 atom stereocenters. The lowest BCUT2D eigenvalue weighted by Gasteiger charge is -2.38. The van der Waals surface area contributed by atoms with Crippen molar-refractivity contribution < 1.29 is 14.3 Å². The van der Waals surface area contributed by atoms with Crippen LogP contribution in [-0.4, -0.2) is 41.4 Å². The molecule has 6 heteroatoms. The molecule has 160 valence electrons. The number of aryl methyl sites for hydroxylation is 1. The first-order valence-electron chi connectivity index (χ1n) is 10.7. The third-order valence-corrected chi connectivity index (χ3v) is 6.53. The van der Waals surface area contributed by atoms with Crippen molar-refractivity contribution in [1.29, 1.82) is 0 Å². The molecule has 5 rings (SSSR count). The number of methoxy groups -OCH3 is 2. The number of carbonyl (C=O) groups is 1. The van der Waals surface area contributed by atoms with Crippen LogP contribution in [0.4, 0.5) is 0 Å². The predicted octanol–water partition coefficient (Wildman–Crippen LogP) is 3.72. The Morgan fingerprint density at radius 1 is 1.06 bits per heavy atom. The van der Waals surface area contributed by atoms with Crippen molar-refractivity contribution in [3.63, 3.8) is 0 Å². The first kappa shape index (κ1) is 19.7. The van der Waals surface area contributed by atoms with Gasteiger partial charge in [0.1, 0.15) is 0 Å². The molecule has 0 N–H and O–H groups in total. The highest BCUT2D eigenvalue weighted by Gasteiger charge is 2.48. The molecule has 0 bridgehead atoms. The minimum atomic E-state index is -0.132. The molecule has 0 radical (unpaired) electrons. The van der Waals surface area contributed by atoms with Gasteiger partial charge in [-0.05, 0) is 53.1 Å². The number of hydrogen-bond donors (Lipinski definition) is 0. The van der Waals surface area contributed by atoms with E-state index in [2.05, 4.69) is 28.2 Å². The molecule has 1 amide bonds. The Morgan fingerprint density at radius 3 is 2.48 bits per heavy atom. The van der Waals surface area contributed by atoms with E-state index in [-0.39, 0.29) is 23.8 Å². The number of nitrogens with zero attached hydrogens (tertiary/aromatic N) is 3. The molecular formula is C25H27N3O3. The minimum absolute atomic E-state index is 0.0251. The van der Waals surface area contributed by atoms with Gasteiger partial charge in [0, 0.05) is 25.7 Å². The molecule has 3 unspecified atom stereocenters. The lowest BCUT2D eigenvalue weighted by atomic mass is 9.87. The Morgan fingerprint density at radius 2 is 1.81 bits per heavy atom. The Kier molecular flexibility index (Phi) is 4.93. The minimum Gasteiger partial charge on any atom is -0.493 e. The highest BCUT2D eigenvalue weighted by Crippen LogP contribution is 2.50. The maximum atomic E-state index is 13.7. The van der Waals surface area contributed by atoms with Crippen molar-refractivity contribution in [2.75, 3.05) is 20.8 Å². The summed E-state index contributed by atoms with van der Waals surface area (Å²) in [4.78, 5) is 15.7. The predicted molar refractivity (Wildman–Crippen MR) is 117 cm³/mol. The summed E-state index contributed by atoms with van der Waals surface area (Å²) in [7, 11) is 5.22. The topological polar surface area (TPSA) is 56.6 Å². The van der Waals surface area contributed by atoms with Crippen LogP contribution in [0.15, 0.2) is 54.9 Å². The fraction of sp³-hybridized carbons (Fsp3) is 0.360. The van der Waals surface area contributed by atoms with E-state index < -0.39 is 0 Å². The highest BCUT2D eigenvalue weighted by atomic mass is 16.5. The SMILES string of the molecule is COc1cc2c(cc1OC)C(c1ccccc1)N(C(=O)C1CC1c1cnn(C)c1)CC2. The molecule has 2 aromatic carbocycles. The van der Waals surface area contributed by atoms with E-state index in [1.54, 1.807) is 18.9 Å². The Balaban J connectivity index is 1.51. The molecule has 6 nitrogen and oxygen atoms in total. The molecule has 3 aromatic rings. The summed E-state index contributed by atoms with van der Waals surface area (Å²) in [6.07, 6.45) is 5.60. The third kappa shape index (κ3) is 3.46. The molecule has 1 fully saturated rings. The average molecular weight is 418 g/mol. The number of rotatable bonds is 5. The summed E-state index contributed by atoms with van der Waals surface area (Å²) in [5.74, 6) is 1.94. The van der Waals surface area contributed by atoms with Crippen LogP contribution in [0.2, 0.25) is 0 Å². The van der Waals surface area contributed by atoms with Crippen LogP contribution in [0.5, 0.6) is 11.5 Å². The van der Waals surface area contributed by atoms with Crippen LogP contribution in [0.3, 0.4) is 0 Å². The van der Waals surface area contributed by atoms with Crippen LogP contribution >= 0.6 is 0 Å². The Labute approximate surface area is 182 Å². The Hall–Kier alpha value is -3.28. The second-order valence-corrected chi connectivity index (χ2v) is 8.40. The fourth-order valence-corrected chi connectivity index (χ4v) is 4.86. The lowest BCUT2D eigenvalue weighted by Crippen LogP contribution is -2.41. The van der Waals surface area contributed by atoms with Crippen molar-refractivity contribution in [2.45, 2.75) is 24.8 Å². The van der Waals surface area contributed by atoms with Crippen LogP contribution in [0.25, 0.3) is 0 Å². The Bertz CT molecular complexity index is 1110. The summed E-state index contributed by atoms with van der Waals surface area (Å²) in [5.41, 5.74) is 4.58. The van der Waals surface area contributed by atoms with Crippen molar-refractivity contribution in [2.24, 2.45) is 13.0 Å². The molecule has 0 spiro atoms. The maximum absolute atomic E-state index is 13.7. The third-order valence-electron chi connectivity index (χ3n) is 6.53. The van der Waals surface area contributed by atoms with Gasteiger partial charge in [-0.15, -0.1) is 0 Å². The molecule has 0 saturated heterocycles. The first-order chi connectivity index (χ1) is 15.1. The van der Waals surface area contributed by atoms with Crippen molar-refractivity contribution in [1.82, 2.24) is 14.7 Å². The maximum Gasteiger partial charge on any atom is 0.227 e. The van der Waals surface area contributed by atoms with Gasteiger partial charge in [0.2, 0.25) is 5.91 Å². The number of ether oxygens (including phenoxy) is 2. The van der Waals surface area contributed by atoms with E-state index in [0.29, 0.717) is 12.3 Å². The normalized spacial score (nSPS) is 22.0. The largest absolute Gasteiger partial charge is 0.493 e. The van der Waals surface area contributed by atoms with Crippen LogP contribution in [-0.2, 0) is 18.3 Å². The van der Waals surface area contributed by atoms with Gasteiger partial charge >= 0.3 is 0 Å². The summed E-state index contributed by atoms with van der Waals surface area (Å²) >= 11 is 0. The van der Waals surface area contributed by atoms with E-state index in [1.807, 2.05) is 43.7 Å². The quantitative estimate of drug-likeness (QED) is 0.635. The van der Waals surface area contributed by atoms with Gasteiger partial charge in [0.25, 0.3) is 0 Å². The van der Waals surface area contributed by atoms with Gasteiger partial charge in [-0.3, -0.25) is 9.48 Å². The number of fused-ring (bicyclic) bond motifs is 1. The molecule has 1 aromatic heterocycles. The average Bonchev–Trinajstić information content (AvgIpc) is 3.50. The van der Waals surface area contributed by atoms with Crippen molar-refractivity contribution >= 4 is 5.91 Å². The number of hydrogen-bond acceptors (Lipinski definition) is 4. The first-order valence-corrected chi connectivity index (χ1v) is 10.7. The fourth-order valence-electron chi connectivity index (χ4n) is 4.86. The standard InChI is InChI=1S/C25H27N3O3/c1-27-15-18(14-26-27)19-12-21(19)25(29)28-10-9-17-11-22(30-2)23(31-3)13-20(17)24(28)16-7-5-4-6-8-16/h4-8,11,13-15,19,21,24H,9-10,12H2,1-3H3. The molecule has 2 heterocycles. The van der Waals surface area contributed by atoms with Crippen molar-refractivity contribution in [3.8, 4) is 11.5 Å². The van der Waals surface area contributed by atoms with Crippen molar-refractivity contribution in [3.05, 3.63) is 77.1 Å². The van der Waals surface area contributed by atoms with Gasteiger partial charge in [0.15, 0.2) is 11.5 Å². The summed E-state index contributed by atoms with van der Waals surface area (Å²) < 4.78 is 12.9. The number of benzene rings is 2. The van der Waals surface area contributed by atoms with Crippen LogP contribution in [0, 0.1) is 5.92 Å². The van der Waals surface area contributed by atoms with E-state index >= 15 is 0 Å². The number of amides is 1. The second kappa shape index (κ2) is 7.76. The van der Waals surface area contributed by atoms with Crippen LogP contribution in [0.1, 0.15) is 40.6 Å². The zero-order chi connectivity index (χ0) is 21.5. The summed E-state index contributed by atoms with van der Waals surface area (Å²) in [5, 5.41) is 4.28. The number of aromatic nitrogens is 2. The van der Waals surface area contributed by atoms with Gasteiger partial charge in [-0.2, -0.15) is 5.10 Å². The lowest BCUT2D eigenvalue weighted by molar-refractivity contribution is -0.134. The van der Waals surface area contributed by atoms with E-state index in [1.165, 1.54) is 5.56 Å². The molecule has 1 aliphatic heterocycles. The monoisotopic (exact) mass is 417 g/mol. The summed E-state index contributed by atoms with van der Waals surface area (Å²) in [6, 6.07) is 14.2. The molecule has 31 heavy (non-hydrogen) atoms. The highest BCUT2D eigenvalue weighted by molar-refractivity contribution is 5.84. The summed E-state index contributed by atoms with van der Waals surface area (Å²) in [6.45, 7) is 0.692. The zero-order valence-electron chi connectivity index (χ0n) is 18.1. The van der Waals surface area contributed by atoms with E-state index in [4.69, 9.17) is 9.47 Å². The second-order valence-electron chi connectivity index (χ2n) is 8.40. The van der Waals surface area contributed by atoms with Crippen LogP contribution < -0.4 is 9.47 Å². The van der Waals surface area contributed by atoms with Gasteiger partial charge in [0.05, 0.1) is 26.5 Å². The van der Waals surface area contributed by atoms with E-state index in [0.717, 1.165) is 35.3 Å². The molecule has 1 aliphatic carbocycles. The van der Waals surface area contributed by atoms with Gasteiger partial charge in [-0.1, -0.05) is 30.3 Å². The van der Waals surface area contributed by atoms with E-state index in [9.17, 15) is 4.79 Å². The zero-order valence-corrected chi connectivity index (χ0v) is 18.1. The van der Waals surface area contributed by atoms with Gasteiger partial charge in [-0.25, -0.2) is 0 Å².